The maximum absolute atomic E-state index is 11.3. The Morgan fingerprint density at radius 2 is 2.27 bits per heavy atom. The minimum atomic E-state index is -0.263. The van der Waals surface area contributed by atoms with E-state index < -0.39 is 0 Å². The molecule has 1 atom stereocenters. The van der Waals surface area contributed by atoms with Gasteiger partial charge in [0, 0.05) is 6.04 Å². The maximum Gasteiger partial charge on any atom is 0.378 e. The van der Waals surface area contributed by atoms with Crippen molar-refractivity contribution in [2.45, 2.75) is 51.5 Å². The van der Waals surface area contributed by atoms with Crippen LogP contribution in [0.1, 0.15) is 45.4 Å². The molecule has 1 aliphatic carbocycles. The standard InChI is InChI=1S/C11H20BNO2/c1-2-3-4-9(11(14)15-12)7-8-13-10-5-6-10/h9-10,13H,2-8H2,1H3. The Morgan fingerprint density at radius 1 is 1.53 bits per heavy atom. The van der Waals surface area contributed by atoms with E-state index in [0.717, 1.165) is 32.2 Å². The zero-order chi connectivity index (χ0) is 11.1. The summed E-state index contributed by atoms with van der Waals surface area (Å²) in [5.74, 6) is -0.290. The van der Waals surface area contributed by atoms with E-state index in [4.69, 9.17) is 8.05 Å². The van der Waals surface area contributed by atoms with Crippen LogP contribution in [0.15, 0.2) is 0 Å². The number of carbonyl (C=O) groups is 1. The van der Waals surface area contributed by atoms with Crippen LogP contribution in [-0.2, 0) is 9.45 Å². The summed E-state index contributed by atoms with van der Waals surface area (Å²) < 4.78 is 4.32. The fourth-order valence-corrected chi connectivity index (χ4v) is 1.68. The summed E-state index contributed by atoms with van der Waals surface area (Å²) in [6.45, 7) is 3.02. The molecule has 0 aromatic heterocycles. The van der Waals surface area contributed by atoms with Gasteiger partial charge in [-0.25, -0.2) is 0 Å². The highest BCUT2D eigenvalue weighted by Crippen LogP contribution is 2.19. The van der Waals surface area contributed by atoms with Gasteiger partial charge in [-0.3, -0.25) is 4.79 Å². The van der Waals surface area contributed by atoms with Gasteiger partial charge in [-0.15, -0.1) is 0 Å². The summed E-state index contributed by atoms with van der Waals surface area (Å²) in [6.07, 6.45) is 6.45. The number of nitrogens with one attached hydrogen (secondary N) is 1. The molecule has 84 valence electrons. The van der Waals surface area contributed by atoms with Crippen LogP contribution < -0.4 is 5.32 Å². The molecule has 0 spiro atoms. The molecule has 3 nitrogen and oxygen atoms in total. The van der Waals surface area contributed by atoms with Crippen LogP contribution in [0.2, 0.25) is 0 Å². The van der Waals surface area contributed by atoms with Gasteiger partial charge < -0.3 is 9.97 Å². The first-order valence-corrected chi connectivity index (χ1v) is 5.91. The molecule has 1 rings (SSSR count). The van der Waals surface area contributed by atoms with Gasteiger partial charge in [-0.1, -0.05) is 19.8 Å². The number of rotatable bonds is 8. The Hall–Kier alpha value is -0.505. The number of carbonyl (C=O) groups excluding carboxylic acids is 1. The van der Waals surface area contributed by atoms with Crippen molar-refractivity contribution >= 4 is 14.0 Å². The predicted octanol–water partition coefficient (Wildman–Crippen LogP) is 1.56. The first kappa shape index (κ1) is 12.6. The van der Waals surface area contributed by atoms with Crippen LogP contribution in [0, 0.1) is 5.92 Å². The molecule has 4 heteroatoms. The van der Waals surface area contributed by atoms with E-state index in [-0.39, 0.29) is 11.9 Å². The molecule has 0 aliphatic heterocycles. The molecule has 1 N–H and O–H groups in total. The second kappa shape index (κ2) is 6.88. The lowest BCUT2D eigenvalue weighted by molar-refractivity contribution is -0.139. The van der Waals surface area contributed by atoms with Gasteiger partial charge in [0.2, 0.25) is 0 Å². The lowest BCUT2D eigenvalue weighted by Gasteiger charge is -2.14. The van der Waals surface area contributed by atoms with Gasteiger partial charge in [0.05, 0.1) is 5.92 Å². The molecule has 1 fully saturated rings. The molecular formula is C11H20BNO2. The maximum atomic E-state index is 11.3. The molecular weight excluding hydrogens is 189 g/mol. The molecule has 0 amide bonds. The van der Waals surface area contributed by atoms with Crippen LogP contribution in [0.4, 0.5) is 0 Å². The summed E-state index contributed by atoms with van der Waals surface area (Å²) >= 11 is 0. The number of unbranched alkanes of at least 4 members (excludes halogenated alkanes) is 1. The third kappa shape index (κ3) is 5.21. The molecule has 2 radical (unpaired) electrons. The predicted molar refractivity (Wildman–Crippen MR) is 60.5 cm³/mol. The van der Waals surface area contributed by atoms with Crippen molar-refractivity contribution in [3.63, 3.8) is 0 Å². The Labute approximate surface area is 93.4 Å². The summed E-state index contributed by atoms with van der Waals surface area (Å²) in [5.41, 5.74) is 0. The van der Waals surface area contributed by atoms with Gasteiger partial charge in [0.25, 0.3) is 5.97 Å². The molecule has 1 saturated carbocycles. The third-order valence-corrected chi connectivity index (χ3v) is 2.86. The van der Waals surface area contributed by atoms with E-state index in [9.17, 15) is 4.79 Å². The van der Waals surface area contributed by atoms with E-state index >= 15 is 0 Å². The van der Waals surface area contributed by atoms with Crippen LogP contribution in [0.3, 0.4) is 0 Å². The van der Waals surface area contributed by atoms with Crippen molar-refractivity contribution in [1.29, 1.82) is 0 Å². The largest absolute Gasteiger partial charge is 0.543 e. The Morgan fingerprint density at radius 3 is 2.80 bits per heavy atom. The average Bonchev–Trinajstić information content (AvgIpc) is 3.06. The molecule has 0 bridgehead atoms. The minimum absolute atomic E-state index is 0.0267. The normalized spacial score (nSPS) is 17.4. The number of hydrogen-bond donors (Lipinski definition) is 1. The summed E-state index contributed by atoms with van der Waals surface area (Å²) in [4.78, 5) is 11.3. The Bertz CT molecular complexity index is 195. The Balaban J connectivity index is 2.16. The van der Waals surface area contributed by atoms with Crippen molar-refractivity contribution in [2.24, 2.45) is 5.92 Å². The van der Waals surface area contributed by atoms with Crippen molar-refractivity contribution in [3.05, 3.63) is 0 Å². The zero-order valence-electron chi connectivity index (χ0n) is 9.50. The van der Waals surface area contributed by atoms with Gasteiger partial charge in [0.15, 0.2) is 0 Å². The van der Waals surface area contributed by atoms with E-state index in [1.165, 1.54) is 12.8 Å². The van der Waals surface area contributed by atoms with E-state index in [0.29, 0.717) is 6.04 Å². The Kier molecular flexibility index (Phi) is 5.77. The quantitative estimate of drug-likeness (QED) is 0.616. The summed E-state index contributed by atoms with van der Waals surface area (Å²) in [6, 6.07) is 0.700. The minimum Gasteiger partial charge on any atom is -0.543 e. The molecule has 0 heterocycles. The second-order valence-corrected chi connectivity index (χ2v) is 4.29. The molecule has 0 aromatic rings. The van der Waals surface area contributed by atoms with E-state index in [2.05, 4.69) is 16.9 Å². The van der Waals surface area contributed by atoms with Crippen molar-refractivity contribution in [1.82, 2.24) is 5.32 Å². The molecule has 15 heavy (non-hydrogen) atoms. The first-order valence-electron chi connectivity index (χ1n) is 5.91. The van der Waals surface area contributed by atoms with E-state index in [1.807, 2.05) is 0 Å². The fraction of sp³-hybridized carbons (Fsp3) is 0.909. The van der Waals surface area contributed by atoms with Gasteiger partial charge in [0.1, 0.15) is 0 Å². The zero-order valence-corrected chi connectivity index (χ0v) is 9.50. The third-order valence-electron chi connectivity index (χ3n) is 2.86. The lowest BCUT2D eigenvalue weighted by atomic mass is 9.98. The first-order chi connectivity index (χ1) is 7.27. The van der Waals surface area contributed by atoms with Gasteiger partial charge in [-0.05, 0) is 32.2 Å². The van der Waals surface area contributed by atoms with Crippen LogP contribution >= 0.6 is 0 Å². The fourth-order valence-electron chi connectivity index (χ4n) is 1.68. The second-order valence-electron chi connectivity index (χ2n) is 4.29. The highest BCUT2D eigenvalue weighted by atomic mass is 16.5. The molecule has 1 aliphatic rings. The van der Waals surface area contributed by atoms with E-state index in [1.54, 1.807) is 0 Å². The van der Waals surface area contributed by atoms with Crippen LogP contribution in [0.25, 0.3) is 0 Å². The summed E-state index contributed by atoms with van der Waals surface area (Å²) in [5, 5.41) is 3.39. The van der Waals surface area contributed by atoms with Gasteiger partial charge in [-0.2, -0.15) is 0 Å². The van der Waals surface area contributed by atoms with Crippen molar-refractivity contribution in [3.8, 4) is 0 Å². The highest BCUT2D eigenvalue weighted by molar-refractivity contribution is 6.05. The van der Waals surface area contributed by atoms with Crippen molar-refractivity contribution in [2.75, 3.05) is 6.54 Å². The van der Waals surface area contributed by atoms with Crippen molar-refractivity contribution < 1.29 is 9.45 Å². The monoisotopic (exact) mass is 209 g/mol. The average molecular weight is 209 g/mol. The summed E-state index contributed by atoms with van der Waals surface area (Å²) in [7, 11) is 4.92. The molecule has 0 saturated heterocycles. The molecule has 0 aromatic carbocycles. The SMILES string of the molecule is [B]OC(=O)C(CCCC)CCNC1CC1. The smallest absolute Gasteiger partial charge is 0.378 e. The number of hydrogen-bond acceptors (Lipinski definition) is 3. The lowest BCUT2D eigenvalue weighted by Crippen LogP contribution is -2.24. The topological polar surface area (TPSA) is 38.3 Å². The molecule has 1 unspecified atom stereocenters. The van der Waals surface area contributed by atoms with Gasteiger partial charge >= 0.3 is 8.05 Å². The van der Waals surface area contributed by atoms with Crippen LogP contribution in [0.5, 0.6) is 0 Å². The highest BCUT2D eigenvalue weighted by Gasteiger charge is 2.22. The van der Waals surface area contributed by atoms with Crippen LogP contribution in [-0.4, -0.2) is 26.6 Å².